The first-order chi connectivity index (χ1) is 14.0. The van der Waals surface area contributed by atoms with Crippen LogP contribution in [0.3, 0.4) is 0 Å². The molecule has 1 aliphatic rings. The number of rotatable bonds is 5. The van der Waals surface area contributed by atoms with Gasteiger partial charge < -0.3 is 0 Å². The molecule has 0 aliphatic carbocycles. The second-order valence-corrected chi connectivity index (χ2v) is 7.12. The molecule has 0 fully saturated rings. The summed E-state index contributed by atoms with van der Waals surface area (Å²) in [7, 11) is 0. The highest BCUT2D eigenvalue weighted by molar-refractivity contribution is 6.30. The van der Waals surface area contributed by atoms with Crippen molar-refractivity contribution >= 4 is 35.0 Å². The quantitative estimate of drug-likeness (QED) is 0.600. The molecule has 0 saturated heterocycles. The Morgan fingerprint density at radius 2 is 1.34 bits per heavy atom. The van der Waals surface area contributed by atoms with E-state index < -0.39 is 11.8 Å². The number of carbonyl (C=O) groups is 3. The lowest BCUT2D eigenvalue weighted by Gasteiger charge is -2.27. The van der Waals surface area contributed by atoms with Gasteiger partial charge in [-0.15, -0.1) is 0 Å². The molecule has 1 heterocycles. The number of carbonyl (C=O) groups excluding carboxylic acids is 3. The van der Waals surface area contributed by atoms with Crippen LogP contribution in [0.4, 0.5) is 5.69 Å². The second kappa shape index (κ2) is 7.89. The molecule has 5 nitrogen and oxygen atoms in total. The van der Waals surface area contributed by atoms with Gasteiger partial charge in [-0.25, -0.2) is 0 Å². The minimum absolute atomic E-state index is 0.145. The largest absolute Gasteiger partial charge is 0.293 e. The molecule has 0 saturated carbocycles. The van der Waals surface area contributed by atoms with E-state index in [0.29, 0.717) is 21.8 Å². The first-order valence-electron chi connectivity index (χ1n) is 9.09. The van der Waals surface area contributed by atoms with Gasteiger partial charge in [-0.1, -0.05) is 54.1 Å². The van der Waals surface area contributed by atoms with E-state index in [4.69, 9.17) is 11.6 Å². The predicted octanol–water partition coefficient (Wildman–Crippen LogP) is 4.17. The Labute approximate surface area is 173 Å². The number of amides is 3. The van der Waals surface area contributed by atoms with E-state index >= 15 is 0 Å². The third-order valence-corrected chi connectivity index (χ3v) is 5.05. The standard InChI is InChI=1S/C23H17ClN2O3/c24-17-10-12-18(13-11-17)25(21(27)14-16-6-2-1-3-7-16)15-26-22(28)19-8-4-5-9-20(19)23(26)29/h1-13H,14-15H2. The molecule has 3 aromatic carbocycles. The van der Waals surface area contributed by atoms with Crippen LogP contribution < -0.4 is 4.90 Å². The molecule has 0 unspecified atom stereocenters. The maximum Gasteiger partial charge on any atom is 0.263 e. The molecule has 4 rings (SSSR count). The SMILES string of the molecule is O=C1c2ccccc2C(=O)N1CN(C(=O)Cc1ccccc1)c1ccc(Cl)cc1. The summed E-state index contributed by atoms with van der Waals surface area (Å²) in [4.78, 5) is 41.2. The summed E-state index contributed by atoms with van der Waals surface area (Å²) in [5, 5.41) is 0.532. The van der Waals surface area contributed by atoms with Crippen LogP contribution in [0.5, 0.6) is 0 Å². The molecule has 29 heavy (non-hydrogen) atoms. The average Bonchev–Trinajstić information content (AvgIpc) is 2.98. The van der Waals surface area contributed by atoms with Crippen molar-refractivity contribution < 1.29 is 14.4 Å². The lowest BCUT2D eigenvalue weighted by atomic mass is 10.1. The van der Waals surface area contributed by atoms with Crippen LogP contribution in [-0.4, -0.2) is 29.3 Å². The number of benzene rings is 3. The van der Waals surface area contributed by atoms with E-state index in [1.165, 1.54) is 4.90 Å². The highest BCUT2D eigenvalue weighted by Crippen LogP contribution is 2.25. The number of anilines is 1. The fourth-order valence-electron chi connectivity index (χ4n) is 3.30. The number of imide groups is 1. The van der Waals surface area contributed by atoms with Gasteiger partial charge >= 0.3 is 0 Å². The van der Waals surface area contributed by atoms with Crippen molar-refractivity contribution in [3.05, 3.63) is 101 Å². The molecule has 0 radical (unpaired) electrons. The summed E-state index contributed by atoms with van der Waals surface area (Å²) in [6, 6.07) is 22.7. The zero-order valence-electron chi connectivity index (χ0n) is 15.4. The van der Waals surface area contributed by atoms with Crippen LogP contribution in [0.15, 0.2) is 78.9 Å². The van der Waals surface area contributed by atoms with Gasteiger partial charge in [-0.3, -0.25) is 24.2 Å². The summed E-state index contributed by atoms with van der Waals surface area (Å²) in [5.74, 6) is -1.04. The Morgan fingerprint density at radius 3 is 1.93 bits per heavy atom. The van der Waals surface area contributed by atoms with E-state index in [1.54, 1.807) is 48.5 Å². The van der Waals surface area contributed by atoms with Crippen molar-refractivity contribution in [2.24, 2.45) is 0 Å². The van der Waals surface area contributed by atoms with Gasteiger partial charge in [0, 0.05) is 10.7 Å². The van der Waals surface area contributed by atoms with Crippen molar-refractivity contribution in [3.63, 3.8) is 0 Å². The maximum absolute atomic E-state index is 13.1. The first-order valence-corrected chi connectivity index (χ1v) is 9.47. The van der Waals surface area contributed by atoms with E-state index in [-0.39, 0.29) is 19.0 Å². The third-order valence-electron chi connectivity index (χ3n) is 4.80. The Morgan fingerprint density at radius 1 is 0.793 bits per heavy atom. The predicted molar refractivity (Wildman–Crippen MR) is 111 cm³/mol. The Bertz CT molecular complexity index is 1050. The van der Waals surface area contributed by atoms with Crippen LogP contribution in [-0.2, 0) is 11.2 Å². The van der Waals surface area contributed by atoms with E-state index in [1.807, 2.05) is 30.3 Å². The van der Waals surface area contributed by atoms with Crippen LogP contribution in [0.25, 0.3) is 0 Å². The second-order valence-electron chi connectivity index (χ2n) is 6.69. The molecular weight excluding hydrogens is 388 g/mol. The minimum atomic E-state index is -0.405. The molecule has 0 bridgehead atoms. The highest BCUT2D eigenvalue weighted by Gasteiger charge is 2.37. The zero-order valence-corrected chi connectivity index (χ0v) is 16.2. The molecule has 3 amide bonds. The monoisotopic (exact) mass is 404 g/mol. The van der Waals surface area contributed by atoms with Crippen molar-refractivity contribution in [1.29, 1.82) is 0 Å². The highest BCUT2D eigenvalue weighted by atomic mass is 35.5. The van der Waals surface area contributed by atoms with Crippen molar-refractivity contribution in [1.82, 2.24) is 4.90 Å². The van der Waals surface area contributed by atoms with Gasteiger partial charge in [-0.05, 0) is 42.0 Å². The number of hydrogen-bond donors (Lipinski definition) is 0. The van der Waals surface area contributed by atoms with Crippen LogP contribution >= 0.6 is 11.6 Å². The van der Waals surface area contributed by atoms with Gasteiger partial charge in [0.1, 0.15) is 6.67 Å². The van der Waals surface area contributed by atoms with Crippen molar-refractivity contribution in [3.8, 4) is 0 Å². The number of fused-ring (bicyclic) bond motifs is 1. The van der Waals surface area contributed by atoms with Gasteiger partial charge in [0.2, 0.25) is 5.91 Å². The summed E-state index contributed by atoms with van der Waals surface area (Å²) < 4.78 is 0. The van der Waals surface area contributed by atoms with Crippen molar-refractivity contribution in [2.75, 3.05) is 11.6 Å². The summed E-state index contributed by atoms with van der Waals surface area (Å²) in [5.41, 5.74) is 2.11. The average molecular weight is 405 g/mol. The third kappa shape index (κ3) is 3.77. The van der Waals surface area contributed by atoms with Gasteiger partial charge in [0.25, 0.3) is 11.8 Å². The van der Waals surface area contributed by atoms with E-state index in [2.05, 4.69) is 0 Å². The molecule has 144 valence electrons. The fourth-order valence-corrected chi connectivity index (χ4v) is 3.43. The number of halogens is 1. The van der Waals surface area contributed by atoms with Crippen LogP contribution in [0.1, 0.15) is 26.3 Å². The number of hydrogen-bond acceptors (Lipinski definition) is 3. The normalized spacial score (nSPS) is 12.8. The molecule has 6 heteroatoms. The fraction of sp³-hybridized carbons (Fsp3) is 0.0870. The lowest BCUT2D eigenvalue weighted by Crippen LogP contribution is -2.45. The molecular formula is C23H17ClN2O3. The van der Waals surface area contributed by atoms with Crippen LogP contribution in [0.2, 0.25) is 5.02 Å². The smallest absolute Gasteiger partial charge is 0.263 e. The molecule has 0 spiro atoms. The Hall–Kier alpha value is -3.44. The minimum Gasteiger partial charge on any atom is -0.293 e. The lowest BCUT2D eigenvalue weighted by molar-refractivity contribution is -0.118. The van der Waals surface area contributed by atoms with Gasteiger partial charge in [0.05, 0.1) is 17.5 Å². The molecule has 0 aromatic heterocycles. The van der Waals surface area contributed by atoms with E-state index in [0.717, 1.165) is 10.5 Å². The summed E-state index contributed by atoms with van der Waals surface area (Å²) in [6.45, 7) is -0.167. The first kappa shape index (κ1) is 18.9. The molecule has 3 aromatic rings. The number of nitrogens with zero attached hydrogens (tertiary/aromatic N) is 2. The molecule has 0 N–H and O–H groups in total. The van der Waals surface area contributed by atoms with Crippen LogP contribution in [0, 0.1) is 0 Å². The Balaban J connectivity index is 1.64. The van der Waals surface area contributed by atoms with Gasteiger partial charge in [-0.2, -0.15) is 0 Å². The molecule has 1 aliphatic heterocycles. The van der Waals surface area contributed by atoms with Crippen molar-refractivity contribution in [2.45, 2.75) is 6.42 Å². The van der Waals surface area contributed by atoms with Gasteiger partial charge in [0.15, 0.2) is 0 Å². The van der Waals surface area contributed by atoms with E-state index in [9.17, 15) is 14.4 Å². The maximum atomic E-state index is 13.1. The summed E-state index contributed by atoms with van der Waals surface area (Å²) >= 11 is 5.98. The summed E-state index contributed by atoms with van der Waals surface area (Å²) in [6.07, 6.45) is 0.145. The Kier molecular flexibility index (Phi) is 5.14. The zero-order chi connectivity index (χ0) is 20.4. The molecule has 0 atom stereocenters. The topological polar surface area (TPSA) is 57.7 Å².